The summed E-state index contributed by atoms with van der Waals surface area (Å²) in [5.74, 6) is 0. The molecular weight excluding hydrogens is 404 g/mol. The van der Waals surface area contributed by atoms with Crippen molar-refractivity contribution in [2.24, 2.45) is 4.99 Å². The third-order valence-corrected chi connectivity index (χ3v) is 5.86. The van der Waals surface area contributed by atoms with Crippen molar-refractivity contribution in [3.63, 3.8) is 0 Å². The van der Waals surface area contributed by atoms with Gasteiger partial charge in [-0.05, 0) is 47.9 Å². The number of aliphatic imine (C=N–C) groups is 1. The van der Waals surface area contributed by atoms with Gasteiger partial charge in [-0.1, -0.05) is 60.1 Å². The highest BCUT2D eigenvalue weighted by molar-refractivity contribution is 7.95. The first-order chi connectivity index (χ1) is 14.0. The molecule has 0 atom stereocenters. The Morgan fingerprint density at radius 2 is 1.79 bits per heavy atom. The molecule has 0 aromatic heterocycles. The highest BCUT2D eigenvalue weighted by Crippen LogP contribution is 2.25. The molecule has 3 aromatic carbocycles. The topological polar surface area (TPSA) is 58.5 Å². The fraction of sp³-hybridized carbons (Fsp3) is 0.0870. The molecule has 0 bridgehead atoms. The van der Waals surface area contributed by atoms with Crippen molar-refractivity contribution < 1.29 is 8.42 Å². The monoisotopic (exact) mass is 422 g/mol. The number of hydrogen-bond donors (Lipinski definition) is 1. The number of anilines is 1. The zero-order chi connectivity index (χ0) is 20.3. The van der Waals surface area contributed by atoms with Gasteiger partial charge in [-0.15, -0.1) is 0 Å². The molecule has 4 nitrogen and oxygen atoms in total. The van der Waals surface area contributed by atoms with Crippen LogP contribution in [0, 0.1) is 0 Å². The van der Waals surface area contributed by atoms with Crippen LogP contribution in [0.3, 0.4) is 0 Å². The summed E-state index contributed by atoms with van der Waals surface area (Å²) in [6.45, 7) is 0.694. The molecule has 1 heterocycles. The summed E-state index contributed by atoms with van der Waals surface area (Å²) >= 11 is 6.18. The van der Waals surface area contributed by atoms with E-state index in [2.05, 4.69) is 9.71 Å². The smallest absolute Gasteiger partial charge is 0.255 e. The van der Waals surface area contributed by atoms with E-state index in [4.69, 9.17) is 11.6 Å². The molecule has 0 saturated carbocycles. The molecule has 1 aliphatic heterocycles. The first-order valence-corrected chi connectivity index (χ1v) is 11.1. The minimum Gasteiger partial charge on any atom is -0.284 e. The number of nitrogens with one attached hydrogen (secondary N) is 1. The van der Waals surface area contributed by atoms with E-state index in [1.807, 2.05) is 60.7 Å². The second-order valence-electron chi connectivity index (χ2n) is 6.72. The fourth-order valence-corrected chi connectivity index (χ4v) is 4.30. The third-order valence-electron chi connectivity index (χ3n) is 4.61. The summed E-state index contributed by atoms with van der Waals surface area (Å²) in [4.78, 5) is 4.66. The standard InChI is InChI=1S/C23H19ClN2O2S/c24-20-10-9-18-11-13-25-23(22(18)16-20)19-7-4-8-21(15-19)26-29(27,28)14-12-17-5-2-1-3-6-17/h1-10,12,14-16,26H,11,13H2. The Kier molecular flexibility index (Phi) is 5.51. The summed E-state index contributed by atoms with van der Waals surface area (Å²) in [6.07, 6.45) is 2.43. The number of rotatable bonds is 5. The van der Waals surface area contributed by atoms with Gasteiger partial charge in [0.1, 0.15) is 0 Å². The minimum atomic E-state index is -3.64. The SMILES string of the molecule is O=S(=O)(C=Cc1ccccc1)Nc1cccc(C2=NCCc3ccc(Cl)cc32)c1. The molecule has 0 spiro atoms. The molecule has 1 aliphatic rings. The first-order valence-electron chi connectivity index (χ1n) is 9.20. The maximum atomic E-state index is 12.5. The largest absolute Gasteiger partial charge is 0.284 e. The number of hydrogen-bond acceptors (Lipinski definition) is 3. The molecule has 0 saturated heterocycles. The second-order valence-corrected chi connectivity index (χ2v) is 8.73. The number of sulfonamides is 1. The van der Waals surface area contributed by atoms with Gasteiger partial charge in [-0.3, -0.25) is 9.71 Å². The van der Waals surface area contributed by atoms with Crippen LogP contribution in [0.25, 0.3) is 6.08 Å². The Morgan fingerprint density at radius 1 is 0.966 bits per heavy atom. The summed E-state index contributed by atoms with van der Waals surface area (Å²) in [6, 6.07) is 22.4. The van der Waals surface area contributed by atoms with Crippen LogP contribution in [0.15, 0.2) is 83.2 Å². The zero-order valence-corrected chi connectivity index (χ0v) is 17.1. The Hall–Kier alpha value is -2.89. The lowest BCUT2D eigenvalue weighted by Gasteiger charge is -2.18. The predicted molar refractivity (Wildman–Crippen MR) is 120 cm³/mol. The van der Waals surface area contributed by atoms with Crippen molar-refractivity contribution in [1.29, 1.82) is 0 Å². The molecular formula is C23H19ClN2O2S. The van der Waals surface area contributed by atoms with Crippen LogP contribution in [0.5, 0.6) is 0 Å². The lowest BCUT2D eigenvalue weighted by molar-refractivity contribution is 0.609. The van der Waals surface area contributed by atoms with E-state index < -0.39 is 10.0 Å². The summed E-state index contributed by atoms with van der Waals surface area (Å²) in [7, 11) is -3.64. The predicted octanol–water partition coefficient (Wildman–Crippen LogP) is 5.15. The summed E-state index contributed by atoms with van der Waals surface area (Å²) in [5, 5.41) is 1.82. The van der Waals surface area contributed by atoms with Gasteiger partial charge in [0, 0.05) is 28.4 Å². The maximum Gasteiger partial charge on any atom is 0.255 e. The molecule has 3 aromatic rings. The molecule has 0 unspecified atom stereocenters. The van der Waals surface area contributed by atoms with Gasteiger partial charge in [-0.25, -0.2) is 8.42 Å². The van der Waals surface area contributed by atoms with Gasteiger partial charge in [0.25, 0.3) is 10.0 Å². The van der Waals surface area contributed by atoms with Crippen LogP contribution in [0.2, 0.25) is 5.02 Å². The number of benzene rings is 3. The van der Waals surface area contributed by atoms with Crippen molar-refractivity contribution in [2.75, 3.05) is 11.3 Å². The van der Waals surface area contributed by atoms with E-state index in [0.29, 0.717) is 17.3 Å². The quantitative estimate of drug-likeness (QED) is 0.618. The zero-order valence-electron chi connectivity index (χ0n) is 15.5. The van der Waals surface area contributed by atoms with Crippen LogP contribution in [0.1, 0.15) is 22.3 Å². The average Bonchev–Trinajstić information content (AvgIpc) is 2.72. The van der Waals surface area contributed by atoms with Crippen LogP contribution in [-0.2, 0) is 16.4 Å². The number of nitrogens with zero attached hydrogens (tertiary/aromatic N) is 1. The number of fused-ring (bicyclic) bond motifs is 1. The fourth-order valence-electron chi connectivity index (χ4n) is 3.27. The highest BCUT2D eigenvalue weighted by Gasteiger charge is 2.17. The van der Waals surface area contributed by atoms with E-state index >= 15 is 0 Å². The second kappa shape index (κ2) is 8.23. The van der Waals surface area contributed by atoms with Crippen molar-refractivity contribution in [3.05, 3.63) is 105 Å². The molecule has 4 rings (SSSR count). The van der Waals surface area contributed by atoms with E-state index in [1.54, 1.807) is 18.2 Å². The van der Waals surface area contributed by atoms with Gasteiger partial charge in [0.15, 0.2) is 0 Å². The molecule has 0 fully saturated rings. The van der Waals surface area contributed by atoms with Gasteiger partial charge in [0.05, 0.1) is 11.1 Å². The Morgan fingerprint density at radius 3 is 2.62 bits per heavy atom. The van der Waals surface area contributed by atoms with Crippen molar-refractivity contribution >= 4 is 39.1 Å². The van der Waals surface area contributed by atoms with Gasteiger partial charge >= 0.3 is 0 Å². The normalized spacial score (nSPS) is 13.8. The maximum absolute atomic E-state index is 12.5. The number of halogens is 1. The molecule has 146 valence electrons. The lowest BCUT2D eigenvalue weighted by atomic mass is 9.93. The van der Waals surface area contributed by atoms with E-state index in [1.165, 1.54) is 11.0 Å². The molecule has 0 radical (unpaired) electrons. The van der Waals surface area contributed by atoms with Crippen LogP contribution in [-0.4, -0.2) is 20.7 Å². The van der Waals surface area contributed by atoms with Crippen LogP contribution in [0.4, 0.5) is 5.69 Å². The Bertz CT molecular complexity index is 1200. The molecule has 0 amide bonds. The summed E-state index contributed by atoms with van der Waals surface area (Å²) < 4.78 is 27.5. The van der Waals surface area contributed by atoms with Gasteiger partial charge in [0.2, 0.25) is 0 Å². The molecule has 0 aliphatic carbocycles. The Labute approximate surface area is 175 Å². The van der Waals surface area contributed by atoms with Crippen LogP contribution >= 0.6 is 11.6 Å². The highest BCUT2D eigenvalue weighted by atomic mass is 35.5. The molecule has 6 heteroatoms. The Balaban J connectivity index is 1.59. The molecule has 1 N–H and O–H groups in total. The van der Waals surface area contributed by atoms with Crippen LogP contribution < -0.4 is 4.72 Å². The molecule has 29 heavy (non-hydrogen) atoms. The van der Waals surface area contributed by atoms with Crippen molar-refractivity contribution in [1.82, 2.24) is 0 Å². The minimum absolute atomic E-state index is 0.483. The average molecular weight is 423 g/mol. The third kappa shape index (κ3) is 4.75. The van der Waals surface area contributed by atoms with Crippen molar-refractivity contribution in [2.45, 2.75) is 6.42 Å². The van der Waals surface area contributed by atoms with E-state index in [-0.39, 0.29) is 0 Å². The summed E-state index contributed by atoms with van der Waals surface area (Å²) in [5.41, 5.74) is 5.16. The van der Waals surface area contributed by atoms with Crippen molar-refractivity contribution in [3.8, 4) is 0 Å². The van der Waals surface area contributed by atoms with E-state index in [0.717, 1.165) is 28.8 Å². The van der Waals surface area contributed by atoms with E-state index in [9.17, 15) is 8.42 Å². The van der Waals surface area contributed by atoms with Gasteiger partial charge < -0.3 is 0 Å². The van der Waals surface area contributed by atoms with Gasteiger partial charge in [-0.2, -0.15) is 0 Å². The first kappa shape index (κ1) is 19.4. The lowest BCUT2D eigenvalue weighted by Crippen LogP contribution is -2.15.